The molecule has 0 unspecified atom stereocenters. The third kappa shape index (κ3) is 2.86. The maximum atomic E-state index is 13.4. The van der Waals surface area contributed by atoms with Crippen LogP contribution in [0, 0.1) is 5.82 Å². The van der Waals surface area contributed by atoms with Crippen molar-refractivity contribution in [2.24, 2.45) is 0 Å². The van der Waals surface area contributed by atoms with E-state index < -0.39 is 0 Å². The molecule has 0 saturated carbocycles. The van der Waals surface area contributed by atoms with Crippen molar-refractivity contribution in [2.45, 2.75) is 6.61 Å². The summed E-state index contributed by atoms with van der Waals surface area (Å²) < 4.78 is 18.7. The minimum absolute atomic E-state index is 0.0108. The van der Waals surface area contributed by atoms with Crippen LogP contribution in [-0.4, -0.2) is 5.11 Å². The predicted octanol–water partition coefficient (Wildman–Crippen LogP) is 4.42. The molecule has 0 heterocycles. The van der Waals surface area contributed by atoms with Crippen molar-refractivity contribution in [3.8, 4) is 11.5 Å². The predicted molar refractivity (Wildman–Crippen MR) is 68.9 cm³/mol. The van der Waals surface area contributed by atoms with Gasteiger partial charge in [0.15, 0.2) is 5.75 Å². The molecule has 0 aromatic heterocycles. The van der Waals surface area contributed by atoms with Gasteiger partial charge in [-0.1, -0.05) is 41.4 Å². The first-order valence-corrected chi connectivity index (χ1v) is 5.87. The fourth-order valence-corrected chi connectivity index (χ4v) is 2.03. The summed E-state index contributed by atoms with van der Waals surface area (Å²) in [5.41, 5.74) is 0.401. The van der Waals surface area contributed by atoms with Gasteiger partial charge in [0.1, 0.15) is 18.2 Å². The molecule has 0 aliphatic heterocycles. The third-order valence-corrected chi connectivity index (χ3v) is 2.87. The zero-order chi connectivity index (χ0) is 13.1. The van der Waals surface area contributed by atoms with E-state index in [0.717, 1.165) is 0 Å². The van der Waals surface area contributed by atoms with Gasteiger partial charge in [-0.3, -0.25) is 0 Å². The maximum Gasteiger partial charge on any atom is 0.157 e. The molecule has 2 aromatic carbocycles. The van der Waals surface area contributed by atoms with Crippen LogP contribution in [0.3, 0.4) is 0 Å². The van der Waals surface area contributed by atoms with Gasteiger partial charge in [-0.05, 0) is 6.07 Å². The Labute approximate surface area is 114 Å². The minimum Gasteiger partial charge on any atom is -0.508 e. The molecule has 94 valence electrons. The van der Waals surface area contributed by atoms with Crippen molar-refractivity contribution in [2.75, 3.05) is 0 Å². The molecule has 0 bridgehead atoms. The Hall–Kier alpha value is -1.45. The molecular weight excluding hydrogens is 278 g/mol. The summed E-state index contributed by atoms with van der Waals surface area (Å²) in [5, 5.41) is 9.62. The Balaban J connectivity index is 2.19. The normalized spacial score (nSPS) is 10.4. The van der Waals surface area contributed by atoms with Crippen molar-refractivity contribution in [3.05, 3.63) is 57.8 Å². The molecular formula is C13H9Cl2FO2. The Morgan fingerprint density at radius 3 is 2.33 bits per heavy atom. The van der Waals surface area contributed by atoms with Gasteiger partial charge in [-0.25, -0.2) is 4.39 Å². The van der Waals surface area contributed by atoms with Gasteiger partial charge < -0.3 is 9.84 Å². The lowest BCUT2D eigenvalue weighted by Crippen LogP contribution is -1.99. The molecule has 1 N–H and O–H groups in total. The summed E-state index contributed by atoms with van der Waals surface area (Å²) in [6.45, 7) is 0.0108. The Morgan fingerprint density at radius 1 is 1.11 bits per heavy atom. The fourth-order valence-electron chi connectivity index (χ4n) is 1.45. The van der Waals surface area contributed by atoms with Crippen LogP contribution in [0.4, 0.5) is 4.39 Å². The highest BCUT2D eigenvalue weighted by atomic mass is 35.5. The number of hydrogen-bond acceptors (Lipinski definition) is 2. The van der Waals surface area contributed by atoms with E-state index in [2.05, 4.69) is 0 Å². The molecule has 18 heavy (non-hydrogen) atoms. The number of benzene rings is 2. The average Bonchev–Trinajstić information content (AvgIpc) is 2.30. The number of aromatic hydroxyl groups is 1. The monoisotopic (exact) mass is 286 g/mol. The van der Waals surface area contributed by atoms with Crippen LogP contribution in [-0.2, 0) is 6.61 Å². The summed E-state index contributed by atoms with van der Waals surface area (Å²) >= 11 is 11.8. The third-order valence-electron chi connectivity index (χ3n) is 2.31. The second kappa shape index (κ2) is 5.46. The Kier molecular flexibility index (Phi) is 3.94. The second-order valence-electron chi connectivity index (χ2n) is 3.62. The zero-order valence-electron chi connectivity index (χ0n) is 9.16. The molecule has 5 heteroatoms. The topological polar surface area (TPSA) is 29.5 Å². The van der Waals surface area contributed by atoms with Crippen LogP contribution >= 0.6 is 23.2 Å². The number of halogens is 3. The number of rotatable bonds is 3. The van der Waals surface area contributed by atoms with Gasteiger partial charge >= 0.3 is 0 Å². The summed E-state index contributed by atoms with van der Waals surface area (Å²) in [6.07, 6.45) is 0. The molecule has 0 atom stereocenters. The largest absolute Gasteiger partial charge is 0.508 e. The molecule has 0 spiro atoms. The first-order valence-electron chi connectivity index (χ1n) is 5.12. The van der Waals surface area contributed by atoms with Crippen LogP contribution in [0.2, 0.25) is 10.0 Å². The Bertz CT molecular complexity index is 550. The van der Waals surface area contributed by atoms with Crippen molar-refractivity contribution >= 4 is 23.2 Å². The molecule has 0 aliphatic carbocycles. The molecule has 0 aliphatic rings. The van der Waals surface area contributed by atoms with E-state index >= 15 is 0 Å². The smallest absolute Gasteiger partial charge is 0.157 e. The van der Waals surface area contributed by atoms with Gasteiger partial charge in [0.25, 0.3) is 0 Å². The van der Waals surface area contributed by atoms with E-state index in [1.807, 2.05) is 0 Å². The summed E-state index contributed by atoms with van der Waals surface area (Å²) in [6, 6.07) is 8.88. The fraction of sp³-hybridized carbons (Fsp3) is 0.0769. The van der Waals surface area contributed by atoms with Crippen LogP contribution in [0.5, 0.6) is 11.5 Å². The van der Waals surface area contributed by atoms with Crippen molar-refractivity contribution < 1.29 is 14.2 Å². The summed E-state index contributed by atoms with van der Waals surface area (Å²) in [4.78, 5) is 0. The van der Waals surface area contributed by atoms with E-state index in [9.17, 15) is 9.50 Å². The van der Waals surface area contributed by atoms with Gasteiger partial charge in [0.05, 0.1) is 10.0 Å². The van der Waals surface area contributed by atoms with Crippen molar-refractivity contribution in [1.29, 1.82) is 0 Å². The minimum atomic E-state index is -0.358. The molecule has 0 amide bonds. The van der Waals surface area contributed by atoms with E-state index in [1.165, 1.54) is 18.2 Å². The number of hydrogen-bond donors (Lipinski definition) is 1. The highest BCUT2D eigenvalue weighted by Gasteiger charge is 2.10. The lowest BCUT2D eigenvalue weighted by atomic mass is 10.2. The van der Waals surface area contributed by atoms with E-state index in [4.69, 9.17) is 27.9 Å². The second-order valence-corrected chi connectivity index (χ2v) is 4.43. The zero-order valence-corrected chi connectivity index (χ0v) is 10.7. The lowest BCUT2D eigenvalue weighted by molar-refractivity contribution is 0.299. The van der Waals surface area contributed by atoms with Gasteiger partial charge in [0.2, 0.25) is 0 Å². The standard InChI is InChI=1S/C13H9Cl2FO2/c14-10-5-9(17)6-11(15)13(10)18-7-8-3-1-2-4-12(8)16/h1-6,17H,7H2. The van der Waals surface area contributed by atoms with Crippen molar-refractivity contribution in [3.63, 3.8) is 0 Å². The van der Waals surface area contributed by atoms with Gasteiger partial charge in [-0.2, -0.15) is 0 Å². The average molecular weight is 287 g/mol. The van der Waals surface area contributed by atoms with E-state index in [0.29, 0.717) is 5.56 Å². The molecule has 2 rings (SSSR count). The molecule has 0 saturated heterocycles. The highest BCUT2D eigenvalue weighted by Crippen LogP contribution is 2.36. The van der Waals surface area contributed by atoms with Gasteiger partial charge in [0, 0.05) is 17.7 Å². The van der Waals surface area contributed by atoms with E-state index in [-0.39, 0.29) is 34.0 Å². The molecule has 0 fully saturated rings. The molecule has 2 nitrogen and oxygen atoms in total. The highest BCUT2D eigenvalue weighted by molar-refractivity contribution is 6.37. The van der Waals surface area contributed by atoms with E-state index in [1.54, 1.807) is 18.2 Å². The first-order chi connectivity index (χ1) is 8.58. The van der Waals surface area contributed by atoms with Gasteiger partial charge in [-0.15, -0.1) is 0 Å². The number of ether oxygens (including phenoxy) is 1. The van der Waals surface area contributed by atoms with Crippen LogP contribution in [0.1, 0.15) is 5.56 Å². The lowest BCUT2D eigenvalue weighted by Gasteiger charge is -2.10. The van der Waals surface area contributed by atoms with Crippen LogP contribution in [0.25, 0.3) is 0 Å². The first kappa shape index (κ1) is 13.0. The Morgan fingerprint density at radius 2 is 1.72 bits per heavy atom. The molecule has 0 radical (unpaired) electrons. The van der Waals surface area contributed by atoms with Crippen LogP contribution < -0.4 is 4.74 Å². The summed E-state index contributed by atoms with van der Waals surface area (Å²) in [7, 11) is 0. The number of phenolic OH excluding ortho intramolecular Hbond substituents is 1. The quantitative estimate of drug-likeness (QED) is 0.905. The summed E-state index contributed by atoms with van der Waals surface area (Å²) in [5.74, 6) is -0.189. The number of phenols is 1. The maximum absolute atomic E-state index is 13.4. The van der Waals surface area contributed by atoms with Crippen LogP contribution in [0.15, 0.2) is 36.4 Å². The molecule has 2 aromatic rings. The SMILES string of the molecule is Oc1cc(Cl)c(OCc2ccccc2F)c(Cl)c1. The van der Waals surface area contributed by atoms with Crippen molar-refractivity contribution in [1.82, 2.24) is 0 Å².